The van der Waals surface area contributed by atoms with Crippen molar-refractivity contribution in [3.05, 3.63) is 41.3 Å². The highest BCUT2D eigenvalue weighted by molar-refractivity contribution is 6.28. The topological polar surface area (TPSA) is 38.7 Å². The molecule has 2 heterocycles. The molecule has 0 aromatic carbocycles. The number of pyridine rings is 1. The fraction of sp³-hybridized carbons (Fsp3) is 0.100. The summed E-state index contributed by atoms with van der Waals surface area (Å²) in [5, 5.41) is 0.162. The van der Waals surface area contributed by atoms with Crippen molar-refractivity contribution in [2.45, 2.75) is 6.92 Å². The zero-order valence-corrected chi connectivity index (χ0v) is 8.66. The van der Waals surface area contributed by atoms with Gasteiger partial charge in [0.25, 0.3) is 0 Å². The second kappa shape index (κ2) is 3.90. The van der Waals surface area contributed by atoms with E-state index in [2.05, 4.69) is 15.0 Å². The normalized spacial score (nSPS) is 10.3. The molecule has 0 spiro atoms. The Hall–Kier alpha value is -1.55. The number of hydrogen-bond donors (Lipinski definition) is 0. The first-order valence-corrected chi connectivity index (χ1v) is 4.65. The predicted molar refractivity (Wildman–Crippen MR) is 55.0 cm³/mol. The van der Waals surface area contributed by atoms with Crippen LogP contribution >= 0.6 is 11.6 Å². The maximum atomic E-state index is 12.9. The zero-order valence-electron chi connectivity index (χ0n) is 7.91. The van der Waals surface area contributed by atoms with Crippen LogP contribution < -0.4 is 0 Å². The van der Waals surface area contributed by atoms with E-state index in [9.17, 15) is 4.39 Å². The Kier molecular flexibility index (Phi) is 2.60. The summed E-state index contributed by atoms with van der Waals surface area (Å²) >= 11 is 5.65. The summed E-state index contributed by atoms with van der Waals surface area (Å²) in [5.41, 5.74) is 1.83. The van der Waals surface area contributed by atoms with Gasteiger partial charge in [0.1, 0.15) is 0 Å². The summed E-state index contributed by atoms with van der Waals surface area (Å²) in [5.74, 6) is -0.473. The molecule has 0 aliphatic heterocycles. The van der Waals surface area contributed by atoms with Gasteiger partial charge >= 0.3 is 0 Å². The van der Waals surface area contributed by atoms with E-state index in [0.717, 1.165) is 5.56 Å². The van der Waals surface area contributed by atoms with Crippen LogP contribution in [-0.4, -0.2) is 15.0 Å². The summed E-state index contributed by atoms with van der Waals surface area (Å²) in [4.78, 5) is 11.4. The van der Waals surface area contributed by atoms with E-state index in [1.165, 1.54) is 6.20 Å². The van der Waals surface area contributed by atoms with Crippen molar-refractivity contribution < 1.29 is 4.39 Å². The van der Waals surface area contributed by atoms with Gasteiger partial charge in [0.15, 0.2) is 0 Å². The van der Waals surface area contributed by atoms with Crippen LogP contribution in [0.1, 0.15) is 5.56 Å². The van der Waals surface area contributed by atoms with E-state index in [0.29, 0.717) is 11.3 Å². The molecule has 0 unspecified atom stereocenters. The second-order valence-electron chi connectivity index (χ2n) is 3.04. The molecular formula is C10H7ClFN3. The Labute approximate surface area is 91.0 Å². The van der Waals surface area contributed by atoms with Gasteiger partial charge in [-0.3, -0.25) is 0 Å². The molecule has 2 aromatic heterocycles. The smallest absolute Gasteiger partial charge is 0.222 e. The Morgan fingerprint density at radius 3 is 2.80 bits per heavy atom. The number of hydrogen-bond acceptors (Lipinski definition) is 3. The Morgan fingerprint density at radius 1 is 1.33 bits per heavy atom. The highest BCUT2D eigenvalue weighted by atomic mass is 35.5. The Balaban J connectivity index is 2.50. The fourth-order valence-electron chi connectivity index (χ4n) is 1.19. The highest BCUT2D eigenvalue weighted by Crippen LogP contribution is 2.18. The third-order valence-electron chi connectivity index (χ3n) is 1.94. The number of nitrogens with zero attached hydrogens (tertiary/aromatic N) is 3. The molecule has 0 saturated carbocycles. The van der Waals surface area contributed by atoms with Crippen LogP contribution in [0.25, 0.3) is 11.3 Å². The van der Waals surface area contributed by atoms with Crippen molar-refractivity contribution in [1.82, 2.24) is 15.0 Å². The van der Waals surface area contributed by atoms with E-state index in [-0.39, 0.29) is 5.28 Å². The maximum Gasteiger partial charge on any atom is 0.222 e. The summed E-state index contributed by atoms with van der Waals surface area (Å²) in [6, 6.07) is 3.36. The predicted octanol–water partition coefficient (Wildman–Crippen LogP) is 2.64. The van der Waals surface area contributed by atoms with Crippen molar-refractivity contribution >= 4 is 11.6 Å². The lowest BCUT2D eigenvalue weighted by molar-refractivity contribution is 0.575. The monoisotopic (exact) mass is 223 g/mol. The van der Waals surface area contributed by atoms with Crippen molar-refractivity contribution in [2.75, 3.05) is 0 Å². The third kappa shape index (κ3) is 2.10. The van der Waals surface area contributed by atoms with Crippen LogP contribution in [0.3, 0.4) is 0 Å². The van der Waals surface area contributed by atoms with Gasteiger partial charge in [0.2, 0.25) is 11.2 Å². The van der Waals surface area contributed by atoms with Gasteiger partial charge in [-0.2, -0.15) is 4.39 Å². The molecule has 3 nitrogen and oxygen atoms in total. The largest absolute Gasteiger partial charge is 0.227 e. The van der Waals surface area contributed by atoms with Crippen molar-refractivity contribution in [1.29, 1.82) is 0 Å². The van der Waals surface area contributed by atoms with E-state index < -0.39 is 5.95 Å². The molecule has 0 fully saturated rings. The Morgan fingerprint density at radius 2 is 2.13 bits per heavy atom. The molecule has 76 valence electrons. The third-order valence-corrected chi connectivity index (χ3v) is 2.12. The summed E-state index contributed by atoms with van der Waals surface area (Å²) in [6.07, 6.45) is 2.96. The van der Waals surface area contributed by atoms with E-state index in [1.54, 1.807) is 25.3 Å². The molecule has 0 bridgehead atoms. The van der Waals surface area contributed by atoms with Gasteiger partial charge in [0.05, 0.1) is 5.69 Å². The molecule has 0 N–H and O–H groups in total. The lowest BCUT2D eigenvalue weighted by Crippen LogP contribution is -1.92. The Bertz CT molecular complexity index is 502. The van der Waals surface area contributed by atoms with Gasteiger partial charge in [-0.25, -0.2) is 15.0 Å². The number of rotatable bonds is 1. The summed E-state index contributed by atoms with van der Waals surface area (Å²) in [6.45, 7) is 1.65. The first-order chi connectivity index (χ1) is 7.16. The summed E-state index contributed by atoms with van der Waals surface area (Å²) < 4.78 is 12.9. The fourth-order valence-corrected chi connectivity index (χ4v) is 1.34. The first kappa shape index (κ1) is 9.98. The van der Waals surface area contributed by atoms with Crippen LogP contribution in [0.5, 0.6) is 0 Å². The van der Waals surface area contributed by atoms with Gasteiger partial charge < -0.3 is 0 Å². The molecule has 0 aliphatic rings. The van der Waals surface area contributed by atoms with Crippen LogP contribution in [0.4, 0.5) is 4.39 Å². The molecule has 0 radical (unpaired) electrons. The molecule has 0 aliphatic carbocycles. The highest BCUT2D eigenvalue weighted by Gasteiger charge is 2.04. The molecular weight excluding hydrogens is 217 g/mol. The summed E-state index contributed by atoms with van der Waals surface area (Å²) in [7, 11) is 0. The lowest BCUT2D eigenvalue weighted by Gasteiger charge is -2.01. The molecule has 2 rings (SSSR count). The minimum Gasteiger partial charge on any atom is -0.227 e. The number of aromatic nitrogens is 3. The molecule has 5 heteroatoms. The molecule has 0 saturated heterocycles. The van der Waals surface area contributed by atoms with Crippen molar-refractivity contribution in [3.8, 4) is 11.3 Å². The number of aryl methyl sites for hydroxylation is 1. The van der Waals surface area contributed by atoms with Crippen molar-refractivity contribution in [2.24, 2.45) is 0 Å². The second-order valence-corrected chi connectivity index (χ2v) is 3.38. The average molecular weight is 224 g/mol. The SMILES string of the molecule is Cc1cc(-c2ccnc(Cl)n2)cnc1F. The van der Waals surface area contributed by atoms with Gasteiger partial charge in [-0.05, 0) is 30.7 Å². The van der Waals surface area contributed by atoms with Gasteiger partial charge in [0, 0.05) is 23.5 Å². The molecule has 2 aromatic rings. The quantitative estimate of drug-likeness (QED) is 0.551. The van der Waals surface area contributed by atoms with Crippen LogP contribution in [-0.2, 0) is 0 Å². The zero-order chi connectivity index (χ0) is 10.8. The molecule has 15 heavy (non-hydrogen) atoms. The molecule has 0 atom stereocenters. The first-order valence-electron chi connectivity index (χ1n) is 4.28. The molecule has 0 amide bonds. The van der Waals surface area contributed by atoms with E-state index in [4.69, 9.17) is 11.6 Å². The van der Waals surface area contributed by atoms with Gasteiger partial charge in [-0.1, -0.05) is 0 Å². The van der Waals surface area contributed by atoms with Crippen LogP contribution in [0.15, 0.2) is 24.5 Å². The lowest BCUT2D eigenvalue weighted by atomic mass is 10.1. The van der Waals surface area contributed by atoms with Crippen molar-refractivity contribution in [3.63, 3.8) is 0 Å². The minimum atomic E-state index is -0.473. The van der Waals surface area contributed by atoms with E-state index in [1.807, 2.05) is 0 Å². The van der Waals surface area contributed by atoms with Crippen LogP contribution in [0.2, 0.25) is 5.28 Å². The minimum absolute atomic E-state index is 0.162. The van der Waals surface area contributed by atoms with Gasteiger partial charge in [-0.15, -0.1) is 0 Å². The average Bonchev–Trinajstić information content (AvgIpc) is 2.22. The van der Waals surface area contributed by atoms with E-state index >= 15 is 0 Å². The van der Waals surface area contributed by atoms with Crippen LogP contribution in [0, 0.1) is 12.9 Å². The number of halogens is 2. The standard InChI is InChI=1S/C10H7ClFN3/c1-6-4-7(5-14-9(6)12)8-2-3-13-10(11)15-8/h2-5H,1H3. The maximum absolute atomic E-state index is 12.9.